The summed E-state index contributed by atoms with van der Waals surface area (Å²) in [5.41, 5.74) is 4.94. The Morgan fingerprint density at radius 3 is 2.60 bits per heavy atom. The lowest BCUT2D eigenvalue weighted by molar-refractivity contribution is 0.367. The van der Waals surface area contributed by atoms with Crippen molar-refractivity contribution in [3.63, 3.8) is 0 Å². The first-order valence-corrected chi connectivity index (χ1v) is 3.91. The molecule has 0 unspecified atom stereocenters. The molecule has 0 aromatic carbocycles. The molecule has 0 aliphatic carbocycles. The molecule has 0 amide bonds. The Morgan fingerprint density at radius 1 is 1.80 bits per heavy atom. The summed E-state index contributed by atoms with van der Waals surface area (Å²) in [6.07, 6.45) is 0. The van der Waals surface area contributed by atoms with Crippen LogP contribution in [0.5, 0.6) is 0 Å². The second-order valence-electron chi connectivity index (χ2n) is 1.38. The first-order valence-electron chi connectivity index (χ1n) is 2.29. The van der Waals surface area contributed by atoms with Crippen LogP contribution in [0.15, 0.2) is 4.99 Å². The average Bonchev–Trinajstić information content (AvgIpc) is 1.59. The molecule has 58 valence electrons. The Morgan fingerprint density at radius 2 is 2.30 bits per heavy atom. The third-order valence-corrected chi connectivity index (χ3v) is 1.04. The van der Waals surface area contributed by atoms with E-state index in [2.05, 4.69) is 4.99 Å². The van der Waals surface area contributed by atoms with Crippen LogP contribution in [-0.4, -0.2) is 22.3 Å². The molecule has 0 atom stereocenters. The molecular formula is C3H8N3O3P. The number of nitrogens with one attached hydrogen (secondary N) is 1. The van der Waals surface area contributed by atoms with E-state index in [1.54, 1.807) is 5.09 Å². The summed E-state index contributed by atoms with van der Waals surface area (Å²) in [5, 5.41) is 1.63. The molecule has 6 nitrogen and oxygen atoms in total. The molecule has 10 heavy (non-hydrogen) atoms. The maximum atomic E-state index is 10.1. The summed E-state index contributed by atoms with van der Waals surface area (Å²) >= 11 is 0. The van der Waals surface area contributed by atoms with Crippen molar-refractivity contribution in [1.29, 1.82) is 0 Å². The summed E-state index contributed by atoms with van der Waals surface area (Å²) < 4.78 is 10.1. The van der Waals surface area contributed by atoms with Gasteiger partial charge in [0.1, 0.15) is 0 Å². The van der Waals surface area contributed by atoms with Gasteiger partial charge in [-0.25, -0.2) is 4.57 Å². The molecule has 0 aliphatic rings. The number of guanidine groups is 1. The zero-order valence-electron chi connectivity index (χ0n) is 5.06. The molecule has 0 heterocycles. The van der Waals surface area contributed by atoms with Crippen LogP contribution < -0.4 is 10.8 Å². The van der Waals surface area contributed by atoms with Crippen molar-refractivity contribution in [2.75, 3.05) is 6.54 Å². The molecule has 0 aromatic rings. The van der Waals surface area contributed by atoms with Gasteiger partial charge in [-0.05, 0) is 6.92 Å². The van der Waals surface area contributed by atoms with Gasteiger partial charge >= 0.3 is 7.75 Å². The van der Waals surface area contributed by atoms with Crippen LogP contribution in [0.2, 0.25) is 0 Å². The molecule has 0 spiro atoms. The van der Waals surface area contributed by atoms with Gasteiger partial charge in [0, 0.05) is 6.54 Å². The summed E-state index contributed by atoms with van der Waals surface area (Å²) in [6, 6.07) is 0. The molecule has 0 aromatic heterocycles. The number of nitrogens with two attached hydrogens (primary N) is 1. The standard InChI is InChI=1S/C3H8N3O3P/c1-2-5-3(4)6-10(7,8)9/h1H,2H2,(H5,4,5,6,7,8,9). The van der Waals surface area contributed by atoms with Gasteiger partial charge in [-0.1, -0.05) is 0 Å². The maximum Gasteiger partial charge on any atom is 0.429 e. The molecule has 7 heteroatoms. The van der Waals surface area contributed by atoms with Crippen LogP contribution in [0.4, 0.5) is 0 Å². The Hall–Kier alpha value is -0.580. The normalized spacial score (nSPS) is 13.3. The van der Waals surface area contributed by atoms with Crippen LogP contribution in [0.25, 0.3) is 0 Å². The van der Waals surface area contributed by atoms with Gasteiger partial charge in [0.25, 0.3) is 0 Å². The summed E-state index contributed by atoms with van der Waals surface area (Å²) in [7, 11) is -4.31. The van der Waals surface area contributed by atoms with Crippen LogP contribution in [0.3, 0.4) is 0 Å². The number of nitrogens with zero attached hydrogens (tertiary/aromatic N) is 1. The molecule has 2 radical (unpaired) electrons. The fraction of sp³-hybridized carbons (Fsp3) is 0.333. The highest BCUT2D eigenvalue weighted by Crippen LogP contribution is 2.27. The quantitative estimate of drug-likeness (QED) is 0.231. The van der Waals surface area contributed by atoms with Crippen molar-refractivity contribution in [2.24, 2.45) is 10.7 Å². The van der Waals surface area contributed by atoms with E-state index >= 15 is 0 Å². The van der Waals surface area contributed by atoms with E-state index in [-0.39, 0.29) is 12.5 Å². The molecule has 0 bridgehead atoms. The van der Waals surface area contributed by atoms with E-state index in [0.717, 1.165) is 0 Å². The first kappa shape index (κ1) is 9.42. The van der Waals surface area contributed by atoms with Crippen molar-refractivity contribution in [1.82, 2.24) is 5.09 Å². The monoisotopic (exact) mass is 165 g/mol. The van der Waals surface area contributed by atoms with E-state index in [1.807, 2.05) is 0 Å². The van der Waals surface area contributed by atoms with Gasteiger partial charge in [-0.2, -0.15) is 0 Å². The average molecular weight is 165 g/mol. The lowest BCUT2D eigenvalue weighted by atomic mass is 10.8. The molecule has 0 aliphatic heterocycles. The van der Waals surface area contributed by atoms with E-state index < -0.39 is 7.75 Å². The predicted molar refractivity (Wildman–Crippen MR) is 36.0 cm³/mol. The van der Waals surface area contributed by atoms with Crippen molar-refractivity contribution in [3.8, 4) is 0 Å². The van der Waals surface area contributed by atoms with Gasteiger partial charge in [0.2, 0.25) is 0 Å². The van der Waals surface area contributed by atoms with Crippen molar-refractivity contribution in [3.05, 3.63) is 6.92 Å². The Balaban J connectivity index is 3.92. The fourth-order valence-electron chi connectivity index (χ4n) is 0.283. The second kappa shape index (κ2) is 3.55. The van der Waals surface area contributed by atoms with Gasteiger partial charge < -0.3 is 15.5 Å². The summed E-state index contributed by atoms with van der Waals surface area (Å²) in [4.78, 5) is 19.7. The molecule has 0 rings (SSSR count). The molecule has 5 N–H and O–H groups in total. The van der Waals surface area contributed by atoms with Gasteiger partial charge in [-0.15, -0.1) is 0 Å². The predicted octanol–water partition coefficient (Wildman–Crippen LogP) is -1.31. The number of aliphatic imine (C=N–C) groups is 1. The Kier molecular flexibility index (Phi) is 3.35. The van der Waals surface area contributed by atoms with E-state index in [1.165, 1.54) is 0 Å². The second-order valence-corrected chi connectivity index (χ2v) is 2.69. The lowest BCUT2D eigenvalue weighted by Crippen LogP contribution is -2.28. The fourth-order valence-corrected chi connectivity index (χ4v) is 0.652. The van der Waals surface area contributed by atoms with E-state index in [4.69, 9.17) is 22.4 Å². The van der Waals surface area contributed by atoms with Crippen molar-refractivity contribution >= 4 is 13.7 Å². The van der Waals surface area contributed by atoms with Gasteiger partial charge in [-0.3, -0.25) is 10.1 Å². The van der Waals surface area contributed by atoms with E-state index in [9.17, 15) is 4.57 Å². The van der Waals surface area contributed by atoms with Gasteiger partial charge in [0.15, 0.2) is 5.96 Å². The zero-order valence-corrected chi connectivity index (χ0v) is 5.95. The lowest BCUT2D eigenvalue weighted by Gasteiger charge is -2.04. The molecular weight excluding hydrogens is 157 g/mol. The van der Waals surface area contributed by atoms with Crippen LogP contribution >= 0.6 is 7.75 Å². The highest BCUT2D eigenvalue weighted by Gasteiger charge is 2.12. The third kappa shape index (κ3) is 5.55. The molecule has 0 fully saturated rings. The SMILES string of the molecule is [CH]CN=C(N)NP(=O)(O)O. The minimum Gasteiger partial charge on any atom is -0.370 e. The largest absolute Gasteiger partial charge is 0.429 e. The molecule has 0 saturated carbocycles. The Labute approximate surface area is 58.4 Å². The zero-order chi connectivity index (χ0) is 8.20. The van der Waals surface area contributed by atoms with Gasteiger partial charge in [0.05, 0.1) is 0 Å². The highest BCUT2D eigenvalue weighted by molar-refractivity contribution is 7.50. The minimum absolute atomic E-state index is 0.112. The number of hydrogen-bond donors (Lipinski definition) is 4. The highest BCUT2D eigenvalue weighted by atomic mass is 31.2. The Bertz CT molecular complexity index is 174. The number of rotatable bonds is 2. The van der Waals surface area contributed by atoms with Crippen LogP contribution in [-0.2, 0) is 4.57 Å². The van der Waals surface area contributed by atoms with Crippen molar-refractivity contribution < 1.29 is 14.4 Å². The van der Waals surface area contributed by atoms with Crippen LogP contribution in [0.1, 0.15) is 0 Å². The van der Waals surface area contributed by atoms with E-state index in [0.29, 0.717) is 0 Å². The topological polar surface area (TPSA) is 108 Å². The third-order valence-electron chi connectivity index (χ3n) is 0.522. The maximum absolute atomic E-state index is 10.1. The first-order chi connectivity index (χ1) is 4.45. The smallest absolute Gasteiger partial charge is 0.370 e. The van der Waals surface area contributed by atoms with Crippen LogP contribution in [0, 0.1) is 6.92 Å². The summed E-state index contributed by atoms with van der Waals surface area (Å²) in [5.74, 6) is -0.365. The van der Waals surface area contributed by atoms with Crippen molar-refractivity contribution in [2.45, 2.75) is 0 Å². The minimum atomic E-state index is -4.31. The molecule has 0 saturated heterocycles. The number of hydrogen-bond acceptors (Lipinski definition) is 2. The summed E-state index contributed by atoms with van der Waals surface area (Å²) in [6.45, 7) is 4.78.